The summed E-state index contributed by atoms with van der Waals surface area (Å²) in [6.07, 6.45) is 3.91. The van der Waals surface area contributed by atoms with Crippen LogP contribution in [0.4, 0.5) is 0 Å². The average molecular weight is 413 g/mol. The van der Waals surface area contributed by atoms with Crippen molar-refractivity contribution in [3.05, 3.63) is 59.4 Å². The van der Waals surface area contributed by atoms with E-state index in [1.165, 1.54) is 5.56 Å². The van der Waals surface area contributed by atoms with E-state index >= 15 is 0 Å². The molecule has 1 aromatic carbocycles. The number of aromatic nitrogens is 1. The lowest BCUT2D eigenvalue weighted by Gasteiger charge is -2.55. The minimum absolute atomic E-state index is 0.339. The molecule has 0 bridgehead atoms. The van der Waals surface area contributed by atoms with Crippen LogP contribution in [0.15, 0.2) is 42.7 Å². The Labute approximate surface area is 180 Å². The van der Waals surface area contributed by atoms with Crippen molar-refractivity contribution < 1.29 is 14.9 Å². The van der Waals surface area contributed by atoms with E-state index in [2.05, 4.69) is 49.8 Å². The number of hydrogen-bond donors (Lipinski definition) is 2. The molecule has 1 saturated heterocycles. The fraction of sp³-hybridized carbons (Fsp3) is 0.560. The second-order valence-corrected chi connectivity index (χ2v) is 10.0. The summed E-state index contributed by atoms with van der Waals surface area (Å²) in [4.78, 5) is 6.58. The molecule has 1 aliphatic rings. The third-order valence-corrected chi connectivity index (χ3v) is 6.22. The molecule has 2 aromatic rings. The van der Waals surface area contributed by atoms with E-state index in [4.69, 9.17) is 4.74 Å². The molecule has 2 heterocycles. The van der Waals surface area contributed by atoms with Gasteiger partial charge < -0.3 is 19.8 Å². The number of nitrogens with zero attached hydrogens (tertiary/aromatic N) is 2. The monoisotopic (exact) mass is 412 g/mol. The molecular formula is C25H36N2O3. The van der Waals surface area contributed by atoms with Gasteiger partial charge in [0.05, 0.1) is 18.4 Å². The van der Waals surface area contributed by atoms with Crippen LogP contribution in [0, 0.1) is 5.41 Å². The first kappa shape index (κ1) is 22.7. The topological polar surface area (TPSA) is 65.8 Å². The van der Waals surface area contributed by atoms with E-state index in [-0.39, 0.29) is 5.41 Å². The van der Waals surface area contributed by atoms with Gasteiger partial charge in [-0.2, -0.15) is 0 Å². The fourth-order valence-corrected chi connectivity index (χ4v) is 4.46. The van der Waals surface area contributed by atoms with Crippen LogP contribution in [0.25, 0.3) is 0 Å². The highest BCUT2D eigenvalue weighted by molar-refractivity contribution is 5.42. The molecule has 1 atom stereocenters. The quantitative estimate of drug-likeness (QED) is 0.688. The minimum Gasteiger partial charge on any atom is -0.492 e. The highest BCUT2D eigenvalue weighted by Crippen LogP contribution is 2.50. The molecule has 30 heavy (non-hydrogen) atoms. The zero-order valence-electron chi connectivity index (χ0n) is 19.1. The number of benzene rings is 1. The highest BCUT2D eigenvalue weighted by Gasteiger charge is 2.55. The number of rotatable bonds is 8. The highest BCUT2D eigenvalue weighted by atomic mass is 16.5. The fourth-order valence-electron chi connectivity index (χ4n) is 4.46. The lowest BCUT2D eigenvalue weighted by Crippen LogP contribution is -2.63. The van der Waals surface area contributed by atoms with E-state index in [0.717, 1.165) is 24.2 Å². The summed E-state index contributed by atoms with van der Waals surface area (Å²) in [7, 11) is 2.07. The van der Waals surface area contributed by atoms with Crippen molar-refractivity contribution in [1.29, 1.82) is 0 Å². The van der Waals surface area contributed by atoms with Crippen LogP contribution in [-0.2, 0) is 5.60 Å². The SMILES string of the molecule is CC(C)c1ccc(C(O)(c2cncc(OCCC(C)(C)O)c2)C2(C)CN(C)C2)cc1. The molecule has 0 amide bonds. The molecule has 0 radical (unpaired) electrons. The van der Waals surface area contributed by atoms with Gasteiger partial charge in [0.15, 0.2) is 0 Å². The molecule has 5 nitrogen and oxygen atoms in total. The molecule has 0 aliphatic carbocycles. The van der Waals surface area contributed by atoms with Gasteiger partial charge in [-0.1, -0.05) is 45.0 Å². The zero-order valence-corrected chi connectivity index (χ0v) is 19.1. The maximum Gasteiger partial charge on any atom is 0.137 e. The van der Waals surface area contributed by atoms with Gasteiger partial charge in [0, 0.05) is 36.7 Å². The molecule has 1 aromatic heterocycles. The van der Waals surface area contributed by atoms with E-state index in [9.17, 15) is 10.2 Å². The summed E-state index contributed by atoms with van der Waals surface area (Å²) in [5.74, 6) is 1.04. The van der Waals surface area contributed by atoms with Crippen molar-refractivity contribution >= 4 is 0 Å². The number of hydrogen-bond acceptors (Lipinski definition) is 5. The summed E-state index contributed by atoms with van der Waals surface area (Å²) in [6.45, 7) is 12.0. The molecule has 1 unspecified atom stereocenters. The van der Waals surface area contributed by atoms with Crippen LogP contribution in [-0.4, -0.2) is 52.4 Å². The van der Waals surface area contributed by atoms with Crippen molar-refractivity contribution in [2.75, 3.05) is 26.7 Å². The van der Waals surface area contributed by atoms with Crippen LogP contribution in [0.3, 0.4) is 0 Å². The Morgan fingerprint density at radius 1 is 1.10 bits per heavy atom. The molecule has 0 spiro atoms. The van der Waals surface area contributed by atoms with Gasteiger partial charge in [-0.15, -0.1) is 0 Å². The molecule has 5 heteroatoms. The molecular weight excluding hydrogens is 376 g/mol. The van der Waals surface area contributed by atoms with Crippen molar-refractivity contribution in [1.82, 2.24) is 9.88 Å². The van der Waals surface area contributed by atoms with Crippen LogP contribution in [0.5, 0.6) is 5.75 Å². The van der Waals surface area contributed by atoms with Gasteiger partial charge in [-0.3, -0.25) is 4.98 Å². The maximum absolute atomic E-state index is 12.2. The molecule has 3 rings (SSSR count). The van der Waals surface area contributed by atoms with E-state index in [0.29, 0.717) is 24.7 Å². The van der Waals surface area contributed by atoms with Crippen LogP contribution >= 0.6 is 0 Å². The summed E-state index contributed by atoms with van der Waals surface area (Å²) in [5.41, 5.74) is 0.549. The Hall–Kier alpha value is -1.95. The summed E-state index contributed by atoms with van der Waals surface area (Å²) in [6, 6.07) is 10.2. The first-order chi connectivity index (χ1) is 13.9. The maximum atomic E-state index is 12.2. The predicted octanol–water partition coefficient (Wildman–Crippen LogP) is 3.93. The summed E-state index contributed by atoms with van der Waals surface area (Å²) >= 11 is 0. The number of aliphatic hydroxyl groups is 2. The second kappa shape index (κ2) is 8.29. The van der Waals surface area contributed by atoms with Crippen LogP contribution < -0.4 is 4.74 Å². The minimum atomic E-state index is -1.18. The normalized spacial score (nSPS) is 18.7. The molecule has 164 valence electrons. The summed E-state index contributed by atoms with van der Waals surface area (Å²) < 4.78 is 5.85. The number of ether oxygens (including phenoxy) is 1. The average Bonchev–Trinajstić information content (AvgIpc) is 2.65. The molecule has 1 fully saturated rings. The van der Waals surface area contributed by atoms with Gasteiger partial charge >= 0.3 is 0 Å². The van der Waals surface area contributed by atoms with Crippen LogP contribution in [0.1, 0.15) is 63.6 Å². The van der Waals surface area contributed by atoms with Gasteiger partial charge in [0.1, 0.15) is 11.4 Å². The first-order valence-corrected chi connectivity index (χ1v) is 10.8. The first-order valence-electron chi connectivity index (χ1n) is 10.8. The third-order valence-electron chi connectivity index (χ3n) is 6.22. The van der Waals surface area contributed by atoms with Crippen molar-refractivity contribution in [2.45, 2.75) is 58.2 Å². The van der Waals surface area contributed by atoms with E-state index in [1.807, 2.05) is 18.2 Å². The summed E-state index contributed by atoms with van der Waals surface area (Å²) in [5, 5.41) is 22.1. The second-order valence-electron chi connectivity index (χ2n) is 10.0. The predicted molar refractivity (Wildman–Crippen MR) is 120 cm³/mol. The molecule has 1 aliphatic heterocycles. The van der Waals surface area contributed by atoms with Gasteiger partial charge in [-0.05, 0) is 44.0 Å². The Balaban J connectivity index is 1.96. The van der Waals surface area contributed by atoms with Gasteiger partial charge in [0.2, 0.25) is 0 Å². The number of pyridine rings is 1. The lowest BCUT2D eigenvalue weighted by atomic mass is 9.62. The number of likely N-dealkylation sites (tertiary alicyclic amines) is 1. The molecule has 0 saturated carbocycles. The third kappa shape index (κ3) is 4.53. The van der Waals surface area contributed by atoms with Gasteiger partial charge in [0.25, 0.3) is 0 Å². The van der Waals surface area contributed by atoms with E-state index in [1.54, 1.807) is 26.2 Å². The van der Waals surface area contributed by atoms with Crippen molar-refractivity contribution in [2.24, 2.45) is 5.41 Å². The standard InChI is InChI=1S/C25H36N2O3/c1-18(2)19-7-9-20(10-8-19)25(29,24(5)16-27(6)17-24)21-13-22(15-26-14-21)30-12-11-23(3,4)28/h7-10,13-15,18,28-29H,11-12,16-17H2,1-6H3. The lowest BCUT2D eigenvalue weighted by molar-refractivity contribution is -0.127. The van der Waals surface area contributed by atoms with Crippen molar-refractivity contribution in [3.63, 3.8) is 0 Å². The van der Waals surface area contributed by atoms with Crippen molar-refractivity contribution in [3.8, 4) is 5.75 Å². The van der Waals surface area contributed by atoms with Gasteiger partial charge in [-0.25, -0.2) is 0 Å². The Morgan fingerprint density at radius 3 is 2.27 bits per heavy atom. The van der Waals surface area contributed by atoms with E-state index < -0.39 is 11.2 Å². The smallest absolute Gasteiger partial charge is 0.137 e. The van der Waals surface area contributed by atoms with Crippen LogP contribution in [0.2, 0.25) is 0 Å². The Bertz CT molecular complexity index is 851. The Kier molecular flexibility index (Phi) is 6.28. The zero-order chi connectivity index (χ0) is 22.2. The Morgan fingerprint density at radius 2 is 1.73 bits per heavy atom. The molecule has 2 N–H and O–H groups in total. The largest absolute Gasteiger partial charge is 0.492 e.